The van der Waals surface area contributed by atoms with E-state index in [1.54, 1.807) is 35.2 Å². The van der Waals surface area contributed by atoms with E-state index in [-0.39, 0.29) is 23.7 Å². The van der Waals surface area contributed by atoms with Crippen LogP contribution >= 0.6 is 12.2 Å². The molecule has 0 bridgehead atoms. The van der Waals surface area contributed by atoms with E-state index in [1.165, 1.54) is 6.26 Å². The maximum absolute atomic E-state index is 12.5. The van der Waals surface area contributed by atoms with Crippen molar-refractivity contribution in [3.63, 3.8) is 0 Å². The number of furan rings is 1. The Morgan fingerprint density at radius 1 is 0.912 bits per heavy atom. The molecule has 0 unspecified atom stereocenters. The molecule has 0 spiro atoms. The number of carbonyl (C=O) groups excluding carboxylic acids is 2. The molecule has 9 nitrogen and oxygen atoms in total. The van der Waals surface area contributed by atoms with Gasteiger partial charge in [-0.15, -0.1) is 0 Å². The van der Waals surface area contributed by atoms with Crippen LogP contribution in [0.15, 0.2) is 65.3 Å². The number of fused-ring (bicyclic) bond motifs is 1. The van der Waals surface area contributed by atoms with E-state index in [2.05, 4.69) is 15.5 Å². The molecule has 34 heavy (non-hydrogen) atoms. The average molecular weight is 479 g/mol. The number of ether oxygens (including phenoxy) is 2. The SMILES string of the molecule is O=C(NC(=S)Nc1ccc(N2CCN(C(=O)c3ccco3)CC2)cc1)c1ccc2c(c1)OCO2. The molecule has 2 aromatic carbocycles. The van der Waals surface area contributed by atoms with Crippen molar-refractivity contribution < 1.29 is 23.5 Å². The third-order valence-corrected chi connectivity index (χ3v) is 5.86. The second-order valence-corrected chi connectivity index (χ2v) is 8.19. The number of benzene rings is 2. The summed E-state index contributed by atoms with van der Waals surface area (Å²) >= 11 is 5.29. The first-order valence-electron chi connectivity index (χ1n) is 10.8. The highest BCUT2D eigenvalue weighted by molar-refractivity contribution is 7.80. The van der Waals surface area contributed by atoms with Gasteiger partial charge in [-0.3, -0.25) is 14.9 Å². The van der Waals surface area contributed by atoms with Gasteiger partial charge in [0.15, 0.2) is 22.4 Å². The monoisotopic (exact) mass is 478 g/mol. The van der Waals surface area contributed by atoms with Gasteiger partial charge in [-0.25, -0.2) is 0 Å². The van der Waals surface area contributed by atoms with Crippen LogP contribution in [0.4, 0.5) is 11.4 Å². The fourth-order valence-corrected chi connectivity index (χ4v) is 4.07. The van der Waals surface area contributed by atoms with Crippen molar-refractivity contribution in [2.75, 3.05) is 43.2 Å². The van der Waals surface area contributed by atoms with Crippen molar-refractivity contribution >= 4 is 40.5 Å². The van der Waals surface area contributed by atoms with Crippen LogP contribution in [-0.4, -0.2) is 54.8 Å². The zero-order valence-corrected chi connectivity index (χ0v) is 19.0. The summed E-state index contributed by atoms with van der Waals surface area (Å²) in [6.07, 6.45) is 1.51. The minimum absolute atomic E-state index is 0.0829. The second kappa shape index (κ2) is 9.44. The van der Waals surface area contributed by atoms with Crippen LogP contribution in [0.1, 0.15) is 20.9 Å². The van der Waals surface area contributed by atoms with Crippen LogP contribution in [0, 0.1) is 0 Å². The number of amides is 2. The van der Waals surface area contributed by atoms with Crippen LogP contribution in [0.2, 0.25) is 0 Å². The standard InChI is InChI=1S/C24H22N4O5S/c29-22(16-3-8-19-21(14-16)33-15-32-19)26-24(34)25-17-4-6-18(7-5-17)27-9-11-28(12-10-27)23(30)20-2-1-13-31-20/h1-8,13-14H,9-12,15H2,(H2,25,26,29,34). The number of piperazine rings is 1. The van der Waals surface area contributed by atoms with Crippen LogP contribution in [0.25, 0.3) is 0 Å². The summed E-state index contributed by atoms with van der Waals surface area (Å²) in [4.78, 5) is 28.9. The smallest absolute Gasteiger partial charge is 0.289 e. The van der Waals surface area contributed by atoms with Crippen molar-refractivity contribution in [3.05, 3.63) is 72.2 Å². The number of rotatable bonds is 4. The predicted molar refractivity (Wildman–Crippen MR) is 130 cm³/mol. The van der Waals surface area contributed by atoms with Gasteiger partial charge in [-0.2, -0.15) is 0 Å². The largest absolute Gasteiger partial charge is 0.459 e. The number of carbonyl (C=O) groups is 2. The Labute approximate surface area is 201 Å². The summed E-state index contributed by atoms with van der Waals surface area (Å²) in [5, 5.41) is 5.89. The van der Waals surface area contributed by atoms with E-state index in [0.29, 0.717) is 35.9 Å². The second-order valence-electron chi connectivity index (χ2n) is 7.78. The minimum Gasteiger partial charge on any atom is -0.459 e. The number of thiocarbonyl (C=S) groups is 1. The highest BCUT2D eigenvalue weighted by Gasteiger charge is 2.24. The highest BCUT2D eigenvalue weighted by atomic mass is 32.1. The first-order valence-corrected chi connectivity index (χ1v) is 11.2. The average Bonchev–Trinajstić information content (AvgIpc) is 3.56. The Bertz CT molecular complexity index is 1200. The first-order chi connectivity index (χ1) is 16.6. The van der Waals surface area contributed by atoms with E-state index < -0.39 is 0 Å². The Kier molecular flexibility index (Phi) is 6.05. The Balaban J connectivity index is 1.12. The number of nitrogens with zero attached hydrogens (tertiary/aromatic N) is 2. The maximum Gasteiger partial charge on any atom is 0.289 e. The summed E-state index contributed by atoms with van der Waals surface area (Å²) in [5.41, 5.74) is 2.23. The van der Waals surface area contributed by atoms with Gasteiger partial charge in [0, 0.05) is 43.1 Å². The normalized spacial score (nSPS) is 14.6. The zero-order valence-electron chi connectivity index (χ0n) is 18.2. The molecule has 0 saturated carbocycles. The molecule has 1 saturated heterocycles. The molecule has 1 fully saturated rings. The summed E-state index contributed by atoms with van der Waals surface area (Å²) in [6, 6.07) is 16.1. The van der Waals surface area contributed by atoms with Gasteiger partial charge in [-0.05, 0) is 66.8 Å². The first kappa shape index (κ1) is 21.8. The third kappa shape index (κ3) is 4.67. The van der Waals surface area contributed by atoms with Crippen LogP contribution in [0.5, 0.6) is 11.5 Å². The molecule has 1 aromatic heterocycles. The van der Waals surface area contributed by atoms with E-state index in [1.807, 2.05) is 24.3 Å². The quantitative estimate of drug-likeness (QED) is 0.553. The van der Waals surface area contributed by atoms with Crippen molar-refractivity contribution in [1.29, 1.82) is 0 Å². The lowest BCUT2D eigenvalue weighted by Crippen LogP contribution is -2.48. The Morgan fingerprint density at radius 3 is 2.41 bits per heavy atom. The molecule has 10 heteroatoms. The molecule has 0 aliphatic carbocycles. The molecule has 174 valence electrons. The molecule has 3 heterocycles. The minimum atomic E-state index is -0.339. The number of anilines is 2. The van der Waals surface area contributed by atoms with Crippen molar-refractivity contribution in [1.82, 2.24) is 10.2 Å². The molecule has 2 N–H and O–H groups in total. The molecule has 2 amide bonds. The Morgan fingerprint density at radius 2 is 1.68 bits per heavy atom. The fourth-order valence-electron chi connectivity index (χ4n) is 3.85. The lowest BCUT2D eigenvalue weighted by Gasteiger charge is -2.35. The lowest BCUT2D eigenvalue weighted by atomic mass is 10.2. The molecule has 3 aromatic rings. The maximum atomic E-state index is 12.5. The Hall–Kier alpha value is -4.05. The van der Waals surface area contributed by atoms with Gasteiger partial charge >= 0.3 is 0 Å². The van der Waals surface area contributed by atoms with Gasteiger partial charge in [-0.1, -0.05) is 0 Å². The van der Waals surface area contributed by atoms with Crippen LogP contribution in [0.3, 0.4) is 0 Å². The van der Waals surface area contributed by atoms with Crippen molar-refractivity contribution in [3.8, 4) is 11.5 Å². The summed E-state index contributed by atoms with van der Waals surface area (Å²) in [5.74, 6) is 1.09. The van der Waals surface area contributed by atoms with Gasteiger partial charge in [0.1, 0.15) is 0 Å². The van der Waals surface area contributed by atoms with Gasteiger partial charge in [0.25, 0.3) is 11.8 Å². The summed E-state index contributed by atoms with van der Waals surface area (Å²) in [6.45, 7) is 2.84. The van der Waals surface area contributed by atoms with Crippen LogP contribution in [-0.2, 0) is 0 Å². The molecule has 2 aliphatic rings. The third-order valence-electron chi connectivity index (χ3n) is 5.65. The van der Waals surface area contributed by atoms with E-state index >= 15 is 0 Å². The lowest BCUT2D eigenvalue weighted by molar-refractivity contribution is 0.0714. The summed E-state index contributed by atoms with van der Waals surface area (Å²) < 4.78 is 15.8. The number of hydrogen-bond acceptors (Lipinski definition) is 7. The van der Waals surface area contributed by atoms with E-state index in [9.17, 15) is 9.59 Å². The number of nitrogens with one attached hydrogen (secondary N) is 2. The molecule has 0 atom stereocenters. The zero-order chi connectivity index (χ0) is 23.5. The van der Waals surface area contributed by atoms with Crippen LogP contribution < -0.4 is 25.0 Å². The van der Waals surface area contributed by atoms with Gasteiger partial charge < -0.3 is 29.0 Å². The molecular weight excluding hydrogens is 456 g/mol. The van der Waals surface area contributed by atoms with E-state index in [4.69, 9.17) is 26.1 Å². The van der Waals surface area contributed by atoms with Crippen molar-refractivity contribution in [2.45, 2.75) is 0 Å². The molecule has 2 aliphatic heterocycles. The van der Waals surface area contributed by atoms with Crippen molar-refractivity contribution in [2.24, 2.45) is 0 Å². The molecular formula is C24H22N4O5S. The highest BCUT2D eigenvalue weighted by Crippen LogP contribution is 2.32. The predicted octanol–water partition coefficient (Wildman–Crippen LogP) is 3.10. The molecule has 0 radical (unpaired) electrons. The molecule has 5 rings (SSSR count). The van der Waals surface area contributed by atoms with Gasteiger partial charge in [0.2, 0.25) is 6.79 Å². The van der Waals surface area contributed by atoms with E-state index in [0.717, 1.165) is 24.5 Å². The summed E-state index contributed by atoms with van der Waals surface area (Å²) in [7, 11) is 0. The number of hydrogen-bond donors (Lipinski definition) is 2. The fraction of sp³-hybridized carbons (Fsp3) is 0.208. The van der Waals surface area contributed by atoms with Gasteiger partial charge in [0.05, 0.1) is 6.26 Å². The topological polar surface area (TPSA) is 96.3 Å².